The molecule has 218 valence electrons. The van der Waals surface area contributed by atoms with E-state index in [0.29, 0.717) is 51.6 Å². The minimum absolute atomic E-state index is 0.529. The number of nitrogens with two attached hydrogens (primary N) is 3. The lowest BCUT2D eigenvalue weighted by Gasteiger charge is -2.32. The minimum atomic E-state index is -0.529. The highest BCUT2D eigenvalue weighted by Gasteiger charge is 2.31. The van der Waals surface area contributed by atoms with Crippen molar-refractivity contribution in [3.63, 3.8) is 0 Å². The maximum Gasteiger partial charge on any atom is 0.150 e. The Bertz CT molecular complexity index is 1650. The zero-order valence-corrected chi connectivity index (χ0v) is 24.3. The summed E-state index contributed by atoms with van der Waals surface area (Å²) in [6.45, 7) is 2.20. The summed E-state index contributed by atoms with van der Waals surface area (Å²) in [7, 11) is 0. The van der Waals surface area contributed by atoms with Gasteiger partial charge in [0.1, 0.15) is 34.5 Å². The summed E-state index contributed by atoms with van der Waals surface area (Å²) in [6, 6.07) is 46.6. The van der Waals surface area contributed by atoms with Crippen LogP contribution in [0.3, 0.4) is 0 Å². The lowest BCUT2D eigenvalue weighted by Crippen LogP contribution is -2.25. The van der Waals surface area contributed by atoms with E-state index in [2.05, 4.69) is 43.3 Å². The second-order valence-corrected chi connectivity index (χ2v) is 10.6. The van der Waals surface area contributed by atoms with Gasteiger partial charge in [0.05, 0.1) is 17.1 Å². The molecule has 6 aromatic carbocycles. The van der Waals surface area contributed by atoms with Crippen LogP contribution in [0.15, 0.2) is 146 Å². The van der Waals surface area contributed by atoms with Gasteiger partial charge in [0.25, 0.3) is 0 Å². The highest BCUT2D eigenvalue weighted by molar-refractivity contribution is 5.57. The van der Waals surface area contributed by atoms with Gasteiger partial charge < -0.3 is 31.4 Å². The summed E-state index contributed by atoms with van der Waals surface area (Å²) in [5.74, 6) is 3.94. The molecule has 0 aromatic heterocycles. The third kappa shape index (κ3) is 5.87. The predicted molar refractivity (Wildman–Crippen MR) is 178 cm³/mol. The number of para-hydroxylation sites is 6. The van der Waals surface area contributed by atoms with Crippen molar-refractivity contribution in [2.24, 2.45) is 0 Å². The molecule has 0 aliphatic heterocycles. The molecule has 0 radical (unpaired) electrons. The number of rotatable bonds is 9. The van der Waals surface area contributed by atoms with Crippen LogP contribution in [0.5, 0.6) is 34.5 Å². The van der Waals surface area contributed by atoms with Crippen molar-refractivity contribution < 1.29 is 14.2 Å². The molecule has 6 aromatic rings. The van der Waals surface area contributed by atoms with E-state index >= 15 is 0 Å². The summed E-state index contributed by atoms with van der Waals surface area (Å²) in [6.07, 6.45) is 0. The Hall–Kier alpha value is -5.88. The van der Waals surface area contributed by atoms with Crippen molar-refractivity contribution >= 4 is 17.1 Å². The molecule has 0 fully saturated rings. The van der Waals surface area contributed by atoms with Crippen LogP contribution < -0.4 is 31.4 Å². The Morgan fingerprint density at radius 2 is 0.614 bits per heavy atom. The number of hydrogen-bond donors (Lipinski definition) is 3. The van der Waals surface area contributed by atoms with Crippen molar-refractivity contribution in [1.29, 1.82) is 0 Å². The van der Waals surface area contributed by atoms with Gasteiger partial charge in [-0.2, -0.15) is 0 Å². The van der Waals surface area contributed by atoms with E-state index in [4.69, 9.17) is 31.4 Å². The normalized spacial score (nSPS) is 11.1. The molecule has 0 amide bonds. The van der Waals surface area contributed by atoms with E-state index in [1.165, 1.54) is 0 Å². The highest BCUT2D eigenvalue weighted by Crippen LogP contribution is 2.42. The first kappa shape index (κ1) is 28.2. The molecule has 6 nitrogen and oxygen atoms in total. The summed E-state index contributed by atoms with van der Waals surface area (Å²) in [5.41, 5.74) is 22.7. The van der Waals surface area contributed by atoms with E-state index in [1.54, 1.807) is 0 Å². The average molecular weight is 580 g/mol. The van der Waals surface area contributed by atoms with Gasteiger partial charge in [-0.15, -0.1) is 0 Å². The smallest absolute Gasteiger partial charge is 0.150 e. The van der Waals surface area contributed by atoms with E-state index < -0.39 is 5.41 Å². The van der Waals surface area contributed by atoms with Gasteiger partial charge in [0.2, 0.25) is 0 Å². The molecule has 0 saturated heterocycles. The van der Waals surface area contributed by atoms with Gasteiger partial charge in [0.15, 0.2) is 0 Å². The summed E-state index contributed by atoms with van der Waals surface area (Å²) in [5, 5.41) is 0. The number of anilines is 3. The van der Waals surface area contributed by atoms with Crippen LogP contribution in [0.2, 0.25) is 0 Å². The van der Waals surface area contributed by atoms with Crippen molar-refractivity contribution in [3.8, 4) is 34.5 Å². The molecular formula is C38H33N3O3. The van der Waals surface area contributed by atoms with Crippen LogP contribution in [-0.2, 0) is 5.41 Å². The van der Waals surface area contributed by atoms with E-state index in [9.17, 15) is 0 Å². The van der Waals surface area contributed by atoms with Crippen LogP contribution >= 0.6 is 0 Å². The lowest BCUT2D eigenvalue weighted by molar-refractivity contribution is 0.483. The van der Waals surface area contributed by atoms with Gasteiger partial charge >= 0.3 is 0 Å². The molecule has 0 aliphatic carbocycles. The quantitative estimate of drug-likeness (QED) is 0.116. The molecule has 6 heteroatoms. The maximum absolute atomic E-state index is 6.10. The molecule has 0 saturated carbocycles. The fourth-order valence-electron chi connectivity index (χ4n) is 5.17. The zero-order chi connectivity index (χ0) is 30.5. The zero-order valence-electron chi connectivity index (χ0n) is 24.3. The molecular weight excluding hydrogens is 546 g/mol. The molecule has 44 heavy (non-hydrogen) atoms. The van der Waals surface area contributed by atoms with Gasteiger partial charge in [-0.1, -0.05) is 72.8 Å². The maximum atomic E-state index is 6.10. The van der Waals surface area contributed by atoms with Crippen molar-refractivity contribution in [2.45, 2.75) is 12.3 Å². The van der Waals surface area contributed by atoms with Gasteiger partial charge in [0, 0.05) is 5.41 Å². The Balaban J connectivity index is 1.34. The van der Waals surface area contributed by atoms with E-state index in [1.807, 2.05) is 109 Å². The average Bonchev–Trinajstić information content (AvgIpc) is 3.05. The third-order valence-electron chi connectivity index (χ3n) is 7.74. The van der Waals surface area contributed by atoms with Crippen molar-refractivity contribution in [2.75, 3.05) is 17.2 Å². The summed E-state index contributed by atoms with van der Waals surface area (Å²) >= 11 is 0. The van der Waals surface area contributed by atoms with Crippen LogP contribution in [0.1, 0.15) is 23.6 Å². The summed E-state index contributed by atoms with van der Waals surface area (Å²) in [4.78, 5) is 0. The van der Waals surface area contributed by atoms with Crippen LogP contribution in [0.25, 0.3) is 0 Å². The first-order chi connectivity index (χ1) is 21.4. The molecule has 6 N–H and O–H groups in total. The number of ether oxygens (including phenoxy) is 3. The largest absolute Gasteiger partial charge is 0.455 e. The molecule has 0 unspecified atom stereocenters. The van der Waals surface area contributed by atoms with E-state index in [0.717, 1.165) is 16.7 Å². The summed E-state index contributed by atoms with van der Waals surface area (Å²) < 4.78 is 18.2. The SMILES string of the molecule is CC(c1ccc(Oc2ccccc2N)cc1)(c1ccc(Oc2ccccc2N)cc1)c1ccc(Oc2ccccc2N)cc1. The Morgan fingerprint density at radius 1 is 0.364 bits per heavy atom. The van der Waals surface area contributed by atoms with Crippen LogP contribution in [0, 0.1) is 0 Å². The van der Waals surface area contributed by atoms with Gasteiger partial charge in [-0.25, -0.2) is 0 Å². The van der Waals surface area contributed by atoms with Gasteiger partial charge in [-0.3, -0.25) is 0 Å². The predicted octanol–water partition coefficient (Wildman–Crippen LogP) is 9.16. The van der Waals surface area contributed by atoms with Crippen LogP contribution in [-0.4, -0.2) is 0 Å². The second kappa shape index (κ2) is 12.2. The number of benzene rings is 6. The van der Waals surface area contributed by atoms with Crippen LogP contribution in [0.4, 0.5) is 17.1 Å². The first-order valence-electron chi connectivity index (χ1n) is 14.3. The van der Waals surface area contributed by atoms with Crippen molar-refractivity contribution in [1.82, 2.24) is 0 Å². The molecule has 6 rings (SSSR count). The molecule has 0 spiro atoms. The Morgan fingerprint density at radius 3 is 0.864 bits per heavy atom. The minimum Gasteiger partial charge on any atom is -0.455 e. The monoisotopic (exact) mass is 579 g/mol. The number of hydrogen-bond acceptors (Lipinski definition) is 6. The Labute approximate surface area is 257 Å². The molecule has 0 bridgehead atoms. The standard InChI is InChI=1S/C38H33N3O3/c1-38(26-14-20-29(21-15-26)42-35-11-5-2-8-32(35)39,27-16-22-30(23-17-27)43-36-12-6-3-9-33(36)40)28-18-24-31(25-19-28)44-37-13-7-4-10-34(37)41/h2-25H,39-41H2,1H3. The first-order valence-corrected chi connectivity index (χ1v) is 14.3. The fourth-order valence-corrected chi connectivity index (χ4v) is 5.17. The lowest BCUT2D eigenvalue weighted by atomic mass is 9.71. The van der Waals surface area contributed by atoms with Crippen molar-refractivity contribution in [3.05, 3.63) is 162 Å². The fraction of sp³-hybridized carbons (Fsp3) is 0.0526. The van der Waals surface area contributed by atoms with E-state index in [-0.39, 0.29) is 0 Å². The molecule has 0 heterocycles. The second-order valence-electron chi connectivity index (χ2n) is 10.6. The highest BCUT2D eigenvalue weighted by atomic mass is 16.5. The number of nitrogen functional groups attached to an aromatic ring is 3. The van der Waals surface area contributed by atoms with Gasteiger partial charge in [-0.05, 0) is 96.4 Å². The topological polar surface area (TPSA) is 106 Å². The third-order valence-corrected chi connectivity index (χ3v) is 7.74. The molecule has 0 atom stereocenters. The Kier molecular flexibility index (Phi) is 7.80. The molecule has 0 aliphatic rings.